The second-order valence-electron chi connectivity index (χ2n) is 4.99. The maximum atomic E-state index is 13.0. The Morgan fingerprint density at radius 1 is 1.40 bits per heavy atom. The van der Waals surface area contributed by atoms with Crippen LogP contribution in [0.5, 0.6) is 5.75 Å². The molecule has 20 heavy (non-hydrogen) atoms. The summed E-state index contributed by atoms with van der Waals surface area (Å²) < 4.78 is 31.6. The van der Waals surface area contributed by atoms with Gasteiger partial charge in [0.15, 0.2) is 0 Å². The third-order valence-electron chi connectivity index (χ3n) is 3.11. The van der Waals surface area contributed by atoms with Crippen LogP contribution in [0.1, 0.15) is 23.2 Å². The van der Waals surface area contributed by atoms with Gasteiger partial charge in [0.2, 0.25) is 0 Å². The summed E-state index contributed by atoms with van der Waals surface area (Å²) in [7, 11) is 0. The molecular formula is C14H18F2N2O2. The highest BCUT2D eigenvalue weighted by Crippen LogP contribution is 2.30. The Kier molecular flexibility index (Phi) is 4.54. The summed E-state index contributed by atoms with van der Waals surface area (Å²) in [5.41, 5.74) is 5.19. The standard InChI is InChI=1S/C14H18F2N2O2/c15-14(16,8-17)9-18-13(19)11-3-1-2-4-12(11)20-7-10-5-6-10/h1-4,10H,5-9,17H2,(H,18,19). The van der Waals surface area contributed by atoms with E-state index in [1.54, 1.807) is 24.3 Å². The van der Waals surface area contributed by atoms with E-state index in [-0.39, 0.29) is 5.56 Å². The number of carbonyl (C=O) groups is 1. The lowest BCUT2D eigenvalue weighted by Crippen LogP contribution is -2.41. The van der Waals surface area contributed by atoms with Crippen molar-refractivity contribution in [2.45, 2.75) is 18.8 Å². The fourth-order valence-corrected chi connectivity index (χ4v) is 1.65. The quantitative estimate of drug-likeness (QED) is 0.802. The van der Waals surface area contributed by atoms with Gasteiger partial charge in [-0.05, 0) is 30.9 Å². The Labute approximate surface area is 116 Å². The van der Waals surface area contributed by atoms with Gasteiger partial charge >= 0.3 is 0 Å². The van der Waals surface area contributed by atoms with Crippen molar-refractivity contribution >= 4 is 5.91 Å². The van der Waals surface area contributed by atoms with E-state index in [1.165, 1.54) is 0 Å². The molecule has 0 saturated heterocycles. The minimum atomic E-state index is -3.10. The van der Waals surface area contributed by atoms with Crippen molar-refractivity contribution in [3.05, 3.63) is 29.8 Å². The molecule has 0 heterocycles. The molecule has 0 bridgehead atoms. The van der Waals surface area contributed by atoms with Gasteiger partial charge in [0.1, 0.15) is 5.75 Å². The molecule has 1 fully saturated rings. The first-order chi connectivity index (χ1) is 9.52. The van der Waals surface area contributed by atoms with Crippen LogP contribution < -0.4 is 15.8 Å². The summed E-state index contributed by atoms with van der Waals surface area (Å²) in [6.45, 7) is -1.02. The maximum absolute atomic E-state index is 13.0. The molecule has 3 N–H and O–H groups in total. The molecule has 0 aromatic heterocycles. The largest absolute Gasteiger partial charge is 0.492 e. The molecule has 0 atom stereocenters. The number of benzene rings is 1. The number of nitrogens with one attached hydrogen (secondary N) is 1. The lowest BCUT2D eigenvalue weighted by molar-refractivity contribution is 0.0118. The predicted octanol–water partition coefficient (Wildman–Crippen LogP) is 1.80. The van der Waals surface area contributed by atoms with Crippen molar-refractivity contribution < 1.29 is 18.3 Å². The molecule has 1 aromatic rings. The molecule has 1 aliphatic rings. The highest BCUT2D eigenvalue weighted by Gasteiger charge is 2.28. The van der Waals surface area contributed by atoms with Crippen molar-refractivity contribution in [2.75, 3.05) is 19.7 Å². The summed E-state index contributed by atoms with van der Waals surface area (Å²) in [4.78, 5) is 11.9. The van der Waals surface area contributed by atoms with Crippen LogP contribution >= 0.6 is 0 Å². The van der Waals surface area contributed by atoms with Crippen molar-refractivity contribution in [1.82, 2.24) is 5.32 Å². The third kappa shape index (κ3) is 4.16. The number of ether oxygens (including phenoxy) is 1. The van der Waals surface area contributed by atoms with E-state index in [0.29, 0.717) is 18.3 Å². The smallest absolute Gasteiger partial charge is 0.277 e. The van der Waals surface area contributed by atoms with Gasteiger partial charge in [-0.3, -0.25) is 4.79 Å². The van der Waals surface area contributed by atoms with Crippen molar-refractivity contribution in [1.29, 1.82) is 0 Å². The Hall–Kier alpha value is -1.69. The lowest BCUT2D eigenvalue weighted by atomic mass is 10.2. The Morgan fingerprint density at radius 3 is 2.75 bits per heavy atom. The molecule has 0 radical (unpaired) electrons. The summed E-state index contributed by atoms with van der Waals surface area (Å²) in [5, 5.41) is 2.18. The first-order valence-electron chi connectivity index (χ1n) is 6.60. The predicted molar refractivity (Wildman–Crippen MR) is 71.0 cm³/mol. The summed E-state index contributed by atoms with van der Waals surface area (Å²) >= 11 is 0. The van der Waals surface area contributed by atoms with Gasteiger partial charge in [-0.25, -0.2) is 8.78 Å². The Morgan fingerprint density at radius 2 is 2.10 bits per heavy atom. The third-order valence-corrected chi connectivity index (χ3v) is 3.11. The SMILES string of the molecule is NCC(F)(F)CNC(=O)c1ccccc1OCC1CC1. The Balaban J connectivity index is 1.97. The fourth-order valence-electron chi connectivity index (χ4n) is 1.65. The van der Waals surface area contributed by atoms with Crippen molar-refractivity contribution in [3.63, 3.8) is 0 Å². The summed E-state index contributed by atoms with van der Waals surface area (Å²) in [5.74, 6) is -2.70. The van der Waals surface area contributed by atoms with Gasteiger partial charge in [-0.15, -0.1) is 0 Å². The highest BCUT2D eigenvalue weighted by molar-refractivity contribution is 5.96. The first-order valence-corrected chi connectivity index (χ1v) is 6.60. The maximum Gasteiger partial charge on any atom is 0.277 e. The molecule has 1 amide bonds. The number of amides is 1. The minimum Gasteiger partial charge on any atom is -0.492 e. The molecule has 0 spiro atoms. The molecule has 0 aliphatic heterocycles. The zero-order valence-corrected chi connectivity index (χ0v) is 11.1. The molecule has 6 heteroatoms. The molecule has 1 saturated carbocycles. The minimum absolute atomic E-state index is 0.265. The van der Waals surface area contributed by atoms with Crippen molar-refractivity contribution in [2.24, 2.45) is 11.7 Å². The van der Waals surface area contributed by atoms with Crippen LogP contribution in [0.4, 0.5) is 8.78 Å². The second-order valence-corrected chi connectivity index (χ2v) is 4.99. The number of hydrogen-bond donors (Lipinski definition) is 2. The number of para-hydroxylation sites is 1. The average molecular weight is 284 g/mol. The van der Waals surface area contributed by atoms with E-state index in [0.717, 1.165) is 12.8 Å². The van der Waals surface area contributed by atoms with Gasteiger partial charge in [-0.1, -0.05) is 12.1 Å². The van der Waals surface area contributed by atoms with Crippen LogP contribution in [0.15, 0.2) is 24.3 Å². The van der Waals surface area contributed by atoms with Crippen molar-refractivity contribution in [3.8, 4) is 5.75 Å². The number of halogens is 2. The Bertz CT molecular complexity index is 476. The van der Waals surface area contributed by atoms with E-state index < -0.39 is 24.9 Å². The van der Waals surface area contributed by atoms with Crippen LogP contribution in [-0.2, 0) is 0 Å². The van der Waals surface area contributed by atoms with E-state index in [4.69, 9.17) is 10.5 Å². The van der Waals surface area contributed by atoms with E-state index in [1.807, 2.05) is 0 Å². The number of alkyl halides is 2. The molecule has 4 nitrogen and oxygen atoms in total. The van der Waals surface area contributed by atoms with Crippen LogP contribution in [0.2, 0.25) is 0 Å². The summed E-state index contributed by atoms with van der Waals surface area (Å²) in [6, 6.07) is 6.63. The number of carbonyl (C=O) groups excluding carboxylic acids is 1. The van der Waals surface area contributed by atoms with E-state index in [9.17, 15) is 13.6 Å². The molecule has 0 unspecified atom stereocenters. The first kappa shape index (κ1) is 14.7. The second kappa shape index (κ2) is 6.17. The number of nitrogens with two attached hydrogens (primary N) is 1. The number of hydrogen-bond acceptors (Lipinski definition) is 3. The average Bonchev–Trinajstić information content (AvgIpc) is 3.27. The van der Waals surface area contributed by atoms with Crippen LogP contribution in [-0.4, -0.2) is 31.5 Å². The van der Waals surface area contributed by atoms with Crippen LogP contribution in [0, 0.1) is 5.92 Å². The molecule has 1 aliphatic carbocycles. The van der Waals surface area contributed by atoms with Gasteiger partial charge in [0.05, 0.1) is 25.3 Å². The zero-order valence-electron chi connectivity index (χ0n) is 11.1. The van der Waals surface area contributed by atoms with E-state index in [2.05, 4.69) is 5.32 Å². The van der Waals surface area contributed by atoms with Gasteiger partial charge < -0.3 is 15.8 Å². The fraction of sp³-hybridized carbons (Fsp3) is 0.500. The highest BCUT2D eigenvalue weighted by atomic mass is 19.3. The molecule has 2 rings (SSSR count). The molecule has 1 aromatic carbocycles. The summed E-state index contributed by atoms with van der Waals surface area (Å²) in [6.07, 6.45) is 2.27. The zero-order chi connectivity index (χ0) is 14.6. The van der Waals surface area contributed by atoms with Gasteiger partial charge in [-0.2, -0.15) is 0 Å². The normalized spacial score (nSPS) is 14.9. The lowest BCUT2D eigenvalue weighted by Gasteiger charge is -2.16. The van der Waals surface area contributed by atoms with E-state index >= 15 is 0 Å². The van der Waals surface area contributed by atoms with Crippen LogP contribution in [0.25, 0.3) is 0 Å². The topological polar surface area (TPSA) is 64.3 Å². The molecule has 110 valence electrons. The number of rotatable bonds is 7. The molecular weight excluding hydrogens is 266 g/mol. The van der Waals surface area contributed by atoms with Crippen LogP contribution in [0.3, 0.4) is 0 Å². The van der Waals surface area contributed by atoms with Gasteiger partial charge in [0.25, 0.3) is 11.8 Å². The monoisotopic (exact) mass is 284 g/mol. The van der Waals surface area contributed by atoms with Gasteiger partial charge in [0, 0.05) is 0 Å².